The molecule has 4 nitrogen and oxygen atoms in total. The van der Waals surface area contributed by atoms with Gasteiger partial charge in [-0.05, 0) is 96.6 Å². The average molecular weight is 459 g/mol. The summed E-state index contributed by atoms with van der Waals surface area (Å²) in [5, 5.41) is 0. The van der Waals surface area contributed by atoms with Gasteiger partial charge in [0.1, 0.15) is 0 Å². The van der Waals surface area contributed by atoms with Gasteiger partial charge in [0, 0.05) is 9.15 Å². The van der Waals surface area contributed by atoms with Gasteiger partial charge in [-0.1, -0.05) is 0 Å². The van der Waals surface area contributed by atoms with Crippen LogP contribution in [0.25, 0.3) is 0 Å². The van der Waals surface area contributed by atoms with Crippen LogP contribution in [0.5, 0.6) is 0 Å². The van der Waals surface area contributed by atoms with Crippen LogP contribution in [0, 0.1) is 5.92 Å². The molecule has 0 bridgehead atoms. The minimum absolute atomic E-state index is 0.562. The molecule has 0 N–H and O–H groups in total. The van der Waals surface area contributed by atoms with E-state index in [2.05, 4.69) is 58.9 Å². The van der Waals surface area contributed by atoms with Crippen LogP contribution in [-0.2, 0) is 17.1 Å². The van der Waals surface area contributed by atoms with Gasteiger partial charge < -0.3 is 17.1 Å². The van der Waals surface area contributed by atoms with Crippen molar-refractivity contribution in [3.63, 3.8) is 0 Å². The summed E-state index contributed by atoms with van der Waals surface area (Å²) in [6, 6.07) is 1.09. The van der Waals surface area contributed by atoms with Crippen molar-refractivity contribution in [2.75, 3.05) is 0 Å². The topological polar surface area (TPSA) is 40.2 Å². The number of ether oxygens (including phenoxy) is 1. The molecule has 27 heavy (non-hydrogen) atoms. The van der Waals surface area contributed by atoms with Gasteiger partial charge in [-0.3, -0.25) is 0 Å². The fourth-order valence-electron chi connectivity index (χ4n) is 4.26. The van der Waals surface area contributed by atoms with E-state index in [0.717, 1.165) is 12.0 Å². The zero-order chi connectivity index (χ0) is 21.1. The first-order valence-electron chi connectivity index (χ1n) is 10.1. The molecule has 0 aromatic rings. The van der Waals surface area contributed by atoms with E-state index in [1.165, 1.54) is 25.7 Å². The number of rotatable bonds is 9. The maximum atomic E-state index is 8.00. The highest BCUT2D eigenvalue weighted by Gasteiger charge is 2.47. The van der Waals surface area contributed by atoms with E-state index in [4.69, 9.17) is 26.2 Å². The van der Waals surface area contributed by atoms with Gasteiger partial charge in [0.25, 0.3) is 0 Å². The molecule has 1 saturated heterocycles. The lowest BCUT2D eigenvalue weighted by Crippen LogP contribution is -2.56. The van der Waals surface area contributed by atoms with E-state index in [1.54, 1.807) is 0 Å². The normalized spacial score (nSPS) is 27.9. The third-order valence-electron chi connectivity index (χ3n) is 4.66. The van der Waals surface area contributed by atoms with Gasteiger partial charge in [0.05, 0.1) is 12.2 Å². The molecule has 2 fully saturated rings. The Bertz CT molecular complexity index is 471. The Morgan fingerprint density at radius 1 is 0.778 bits per heavy atom. The highest BCUT2D eigenvalue weighted by atomic mass is 28.5. The van der Waals surface area contributed by atoms with Crippen LogP contribution >= 0.6 is 0 Å². The summed E-state index contributed by atoms with van der Waals surface area (Å²) in [6.45, 7) is 20.3. The Kier molecular flexibility index (Phi) is 9.09. The second-order valence-electron chi connectivity index (χ2n) is 10.5. The first-order chi connectivity index (χ1) is 12.2. The minimum atomic E-state index is -2.23. The van der Waals surface area contributed by atoms with Crippen molar-refractivity contribution >= 4 is 33.8 Å². The van der Waals surface area contributed by atoms with Crippen LogP contribution in [0.2, 0.25) is 65.0 Å². The second kappa shape index (κ2) is 9.58. The fourth-order valence-corrected chi connectivity index (χ4v) is 22.3. The van der Waals surface area contributed by atoms with Gasteiger partial charge in [0.15, 0.2) is 16.6 Å². The van der Waals surface area contributed by atoms with Crippen LogP contribution in [-0.4, -0.2) is 46.0 Å². The molecule has 4 atom stereocenters. The van der Waals surface area contributed by atoms with E-state index in [-0.39, 0.29) is 0 Å². The number of hydrogen-bond acceptors (Lipinski definition) is 4. The van der Waals surface area contributed by atoms with Crippen molar-refractivity contribution in [2.24, 2.45) is 5.92 Å². The lowest BCUT2D eigenvalue weighted by atomic mass is 9.88. The molecule has 1 aliphatic heterocycles. The van der Waals surface area contributed by atoms with E-state index in [0.29, 0.717) is 12.2 Å². The Labute approximate surface area is 168 Å². The molecule has 1 aliphatic carbocycles. The quantitative estimate of drug-likeness (QED) is 0.301. The van der Waals surface area contributed by atoms with Crippen molar-refractivity contribution in [1.82, 2.24) is 0 Å². The standard InChI is InChI=1S/C17H40O4Si4.F2/c1-22(2,3)19-24(7,8)21-25(9,20-23(4,5)6)13-12-15-10-11-16-17(14-15)18-16;1-2/h15-17H,10-14H2,1-9H3;. The van der Waals surface area contributed by atoms with E-state index in [9.17, 15) is 0 Å². The summed E-state index contributed by atoms with van der Waals surface area (Å²) in [5.41, 5.74) is 0. The molecule has 1 heterocycles. The fraction of sp³-hybridized carbons (Fsp3) is 1.00. The van der Waals surface area contributed by atoms with Gasteiger partial charge in [0.2, 0.25) is 0 Å². The SMILES string of the molecule is C[Si](C)(C)O[Si](C)(C)O[Si](C)(CCC1CCC2OC2C1)O[Si](C)(C)C.FF. The molecule has 162 valence electrons. The van der Waals surface area contributed by atoms with Crippen LogP contribution in [0.1, 0.15) is 25.7 Å². The van der Waals surface area contributed by atoms with Crippen LogP contribution in [0.3, 0.4) is 0 Å². The summed E-state index contributed by atoms with van der Waals surface area (Å²) in [6.07, 6.45) is 6.18. The molecule has 4 unspecified atom stereocenters. The van der Waals surface area contributed by atoms with Gasteiger partial charge in [-0.25, -0.2) is 0 Å². The van der Waals surface area contributed by atoms with Gasteiger partial charge >= 0.3 is 17.1 Å². The van der Waals surface area contributed by atoms with Crippen molar-refractivity contribution in [2.45, 2.75) is 103 Å². The first kappa shape index (κ1) is 25.6. The van der Waals surface area contributed by atoms with Gasteiger partial charge in [-0.2, -0.15) is 0 Å². The van der Waals surface area contributed by atoms with E-state index < -0.39 is 33.8 Å². The molecular formula is C17H40F2O4Si4. The summed E-state index contributed by atoms with van der Waals surface area (Å²) in [4.78, 5) is 0. The minimum Gasteiger partial charge on any atom is -0.437 e. The Morgan fingerprint density at radius 3 is 1.81 bits per heavy atom. The monoisotopic (exact) mass is 458 g/mol. The summed E-state index contributed by atoms with van der Waals surface area (Å²) in [7, 11) is -7.67. The maximum absolute atomic E-state index is 8.00. The Balaban J connectivity index is 0.00000176. The molecule has 0 spiro atoms. The first-order valence-corrected chi connectivity index (χ1v) is 22.2. The number of epoxide rings is 1. The van der Waals surface area contributed by atoms with Crippen molar-refractivity contribution in [1.29, 1.82) is 0 Å². The lowest BCUT2D eigenvalue weighted by Gasteiger charge is -2.41. The number of hydrogen-bond donors (Lipinski definition) is 0. The molecule has 2 aliphatic rings. The van der Waals surface area contributed by atoms with Crippen molar-refractivity contribution in [3.8, 4) is 0 Å². The number of fused-ring (bicyclic) bond motifs is 1. The molecule has 0 aromatic carbocycles. The molecule has 0 aromatic heterocycles. The predicted octanol–water partition coefficient (Wildman–Crippen LogP) is 6.28. The average Bonchev–Trinajstić information content (AvgIpc) is 3.20. The van der Waals surface area contributed by atoms with Gasteiger partial charge in [-0.15, -0.1) is 0 Å². The molecule has 0 amide bonds. The third-order valence-corrected chi connectivity index (χ3v) is 18.1. The molecule has 1 saturated carbocycles. The lowest BCUT2D eigenvalue weighted by molar-refractivity contribution is 0.108. The highest BCUT2D eigenvalue weighted by Crippen LogP contribution is 2.42. The second-order valence-corrected chi connectivity index (χ2v) is 27.0. The molecule has 2 rings (SSSR count). The molecule has 10 heteroatoms. The largest absolute Gasteiger partial charge is 0.437 e. The van der Waals surface area contributed by atoms with Crippen LogP contribution < -0.4 is 0 Å². The molecular weight excluding hydrogens is 419 g/mol. The smallest absolute Gasteiger partial charge is 0.315 e. The molecule has 0 radical (unpaired) electrons. The zero-order valence-corrected chi connectivity index (χ0v) is 22.7. The van der Waals surface area contributed by atoms with Crippen LogP contribution in [0.4, 0.5) is 9.15 Å². The summed E-state index contributed by atoms with van der Waals surface area (Å²) < 4.78 is 41.6. The van der Waals surface area contributed by atoms with Crippen LogP contribution in [0.15, 0.2) is 0 Å². The third kappa shape index (κ3) is 10.2. The maximum Gasteiger partial charge on any atom is 0.315 e. The van der Waals surface area contributed by atoms with Crippen molar-refractivity contribution in [3.05, 3.63) is 0 Å². The van der Waals surface area contributed by atoms with E-state index in [1.807, 2.05) is 0 Å². The van der Waals surface area contributed by atoms with E-state index >= 15 is 0 Å². The van der Waals surface area contributed by atoms with Crippen molar-refractivity contribution < 1.29 is 26.2 Å². The Hall–Kier alpha value is 0.568. The highest BCUT2D eigenvalue weighted by molar-refractivity contribution is 6.89. The predicted molar refractivity (Wildman–Crippen MR) is 117 cm³/mol. The zero-order valence-electron chi connectivity index (χ0n) is 18.7. The Morgan fingerprint density at radius 2 is 1.33 bits per heavy atom. The summed E-state index contributed by atoms with van der Waals surface area (Å²) in [5.74, 6) is 0.784. The summed E-state index contributed by atoms with van der Waals surface area (Å²) >= 11 is 0. The number of halogens is 2.